The van der Waals surface area contributed by atoms with Gasteiger partial charge >= 0.3 is 11.9 Å². The highest BCUT2D eigenvalue weighted by Gasteiger charge is 2.49. The standard InChI is InChI=1S/C22H26O9/c1-27-17-9-14(10-18(28-2)19(17)29-3)12-22(20(25)30-4,21(26)31-5)11-13-6-7-15(23)16(24)8-13/h6-10,23-24H,11-12H2,1-5H3. The SMILES string of the molecule is COC(=O)C(Cc1ccc(O)c(O)c1)(Cc1cc(OC)c(OC)c(OC)c1)C(=O)OC. The molecule has 2 aromatic rings. The summed E-state index contributed by atoms with van der Waals surface area (Å²) in [6.45, 7) is 0. The van der Waals surface area contributed by atoms with E-state index in [1.807, 2.05) is 0 Å². The van der Waals surface area contributed by atoms with Crippen LogP contribution in [-0.4, -0.2) is 57.7 Å². The van der Waals surface area contributed by atoms with Crippen LogP contribution in [-0.2, 0) is 31.9 Å². The summed E-state index contributed by atoms with van der Waals surface area (Å²) in [4.78, 5) is 25.8. The van der Waals surface area contributed by atoms with E-state index in [4.69, 9.17) is 23.7 Å². The zero-order valence-electron chi connectivity index (χ0n) is 18.1. The molecule has 0 heterocycles. The number of phenols is 2. The molecule has 0 unspecified atom stereocenters. The summed E-state index contributed by atoms with van der Waals surface area (Å²) in [6.07, 6.45) is -0.276. The largest absolute Gasteiger partial charge is 0.504 e. The average molecular weight is 434 g/mol. The number of carbonyl (C=O) groups is 2. The first kappa shape index (κ1) is 23.7. The maximum atomic E-state index is 12.9. The Labute approximate surface area is 180 Å². The maximum absolute atomic E-state index is 12.9. The molecular weight excluding hydrogens is 408 g/mol. The lowest BCUT2D eigenvalue weighted by molar-refractivity contribution is -0.169. The van der Waals surface area contributed by atoms with Gasteiger partial charge in [0.25, 0.3) is 0 Å². The van der Waals surface area contributed by atoms with Crippen molar-refractivity contribution in [2.75, 3.05) is 35.5 Å². The minimum Gasteiger partial charge on any atom is -0.504 e. The summed E-state index contributed by atoms with van der Waals surface area (Å²) in [5.41, 5.74) is -0.843. The molecule has 0 radical (unpaired) electrons. The highest BCUT2D eigenvalue weighted by Crippen LogP contribution is 2.41. The molecule has 168 valence electrons. The fourth-order valence-electron chi connectivity index (χ4n) is 3.44. The molecule has 0 spiro atoms. The number of phenolic OH excluding ortho intramolecular Hbond substituents is 2. The van der Waals surface area contributed by atoms with Crippen molar-refractivity contribution in [3.05, 3.63) is 41.5 Å². The van der Waals surface area contributed by atoms with Crippen LogP contribution in [0.3, 0.4) is 0 Å². The van der Waals surface area contributed by atoms with E-state index < -0.39 is 17.4 Å². The van der Waals surface area contributed by atoms with E-state index in [9.17, 15) is 19.8 Å². The van der Waals surface area contributed by atoms with Gasteiger partial charge in [-0.2, -0.15) is 0 Å². The van der Waals surface area contributed by atoms with Crippen molar-refractivity contribution in [3.63, 3.8) is 0 Å². The molecular formula is C22H26O9. The monoisotopic (exact) mass is 434 g/mol. The molecule has 0 bridgehead atoms. The van der Waals surface area contributed by atoms with Crippen molar-refractivity contribution in [1.82, 2.24) is 0 Å². The third-order valence-corrected chi connectivity index (χ3v) is 4.93. The second-order valence-electron chi connectivity index (χ2n) is 6.78. The van der Waals surface area contributed by atoms with Gasteiger partial charge < -0.3 is 33.9 Å². The molecule has 0 saturated heterocycles. The number of hydrogen-bond donors (Lipinski definition) is 2. The van der Waals surface area contributed by atoms with Crippen molar-refractivity contribution in [3.8, 4) is 28.7 Å². The summed E-state index contributed by atoms with van der Waals surface area (Å²) in [6, 6.07) is 7.27. The molecule has 0 saturated carbocycles. The first-order valence-corrected chi connectivity index (χ1v) is 9.22. The number of carbonyl (C=O) groups excluding carboxylic acids is 2. The lowest BCUT2D eigenvalue weighted by Crippen LogP contribution is -2.45. The molecule has 2 N–H and O–H groups in total. The molecule has 0 aliphatic rings. The molecule has 0 amide bonds. The topological polar surface area (TPSA) is 121 Å². The Kier molecular flexibility index (Phi) is 7.57. The van der Waals surface area contributed by atoms with Crippen LogP contribution in [0.4, 0.5) is 0 Å². The lowest BCUT2D eigenvalue weighted by atomic mass is 9.76. The fraction of sp³-hybridized carbons (Fsp3) is 0.364. The van der Waals surface area contributed by atoms with E-state index in [1.165, 1.54) is 53.7 Å². The maximum Gasteiger partial charge on any atom is 0.323 e. The van der Waals surface area contributed by atoms with Crippen molar-refractivity contribution < 1.29 is 43.5 Å². The first-order chi connectivity index (χ1) is 14.8. The Morgan fingerprint density at radius 1 is 0.742 bits per heavy atom. The van der Waals surface area contributed by atoms with Gasteiger partial charge in [0.15, 0.2) is 28.4 Å². The zero-order chi connectivity index (χ0) is 23.2. The van der Waals surface area contributed by atoms with Crippen molar-refractivity contribution in [1.29, 1.82) is 0 Å². The predicted molar refractivity (Wildman–Crippen MR) is 110 cm³/mol. The average Bonchev–Trinajstić information content (AvgIpc) is 2.78. The molecule has 0 aliphatic carbocycles. The van der Waals surface area contributed by atoms with Gasteiger partial charge in [-0.15, -0.1) is 0 Å². The summed E-state index contributed by atoms with van der Waals surface area (Å²) >= 11 is 0. The van der Waals surface area contributed by atoms with E-state index >= 15 is 0 Å². The Morgan fingerprint density at radius 2 is 1.26 bits per heavy atom. The number of benzene rings is 2. The Bertz CT molecular complexity index is 911. The van der Waals surface area contributed by atoms with Crippen LogP contribution < -0.4 is 14.2 Å². The number of rotatable bonds is 9. The lowest BCUT2D eigenvalue weighted by Gasteiger charge is -2.29. The molecule has 0 aromatic heterocycles. The molecule has 31 heavy (non-hydrogen) atoms. The van der Waals surface area contributed by atoms with E-state index in [-0.39, 0.29) is 24.3 Å². The molecule has 0 fully saturated rings. The third kappa shape index (κ3) is 4.76. The van der Waals surface area contributed by atoms with Gasteiger partial charge in [0.2, 0.25) is 5.75 Å². The Hall–Kier alpha value is -3.62. The van der Waals surface area contributed by atoms with E-state index in [1.54, 1.807) is 12.1 Å². The van der Waals surface area contributed by atoms with Crippen molar-refractivity contribution in [2.24, 2.45) is 5.41 Å². The number of hydrogen-bond acceptors (Lipinski definition) is 9. The smallest absolute Gasteiger partial charge is 0.323 e. The van der Waals surface area contributed by atoms with Gasteiger partial charge in [-0.3, -0.25) is 9.59 Å². The molecule has 2 aromatic carbocycles. The Morgan fingerprint density at radius 3 is 1.68 bits per heavy atom. The first-order valence-electron chi connectivity index (χ1n) is 9.22. The van der Waals surface area contributed by atoms with Crippen molar-refractivity contribution in [2.45, 2.75) is 12.8 Å². The quantitative estimate of drug-likeness (QED) is 0.348. The van der Waals surface area contributed by atoms with Gasteiger partial charge in [0.1, 0.15) is 0 Å². The van der Waals surface area contributed by atoms with Gasteiger partial charge in [-0.05, 0) is 48.2 Å². The van der Waals surface area contributed by atoms with Crippen LogP contribution in [0.15, 0.2) is 30.3 Å². The number of aromatic hydroxyl groups is 2. The van der Waals surface area contributed by atoms with Crippen LogP contribution in [0.1, 0.15) is 11.1 Å². The van der Waals surface area contributed by atoms with Crippen LogP contribution in [0.5, 0.6) is 28.7 Å². The number of esters is 2. The van der Waals surface area contributed by atoms with Gasteiger partial charge in [-0.25, -0.2) is 0 Å². The predicted octanol–water partition coefficient (Wildman–Crippen LogP) is 2.24. The molecule has 0 aliphatic heterocycles. The fourth-order valence-corrected chi connectivity index (χ4v) is 3.44. The van der Waals surface area contributed by atoms with Gasteiger partial charge in [0.05, 0.1) is 35.5 Å². The highest BCUT2D eigenvalue weighted by atomic mass is 16.5. The van der Waals surface area contributed by atoms with Gasteiger partial charge in [-0.1, -0.05) is 6.07 Å². The molecule has 2 rings (SSSR count). The highest BCUT2D eigenvalue weighted by molar-refractivity contribution is 6.00. The number of ether oxygens (including phenoxy) is 5. The minimum absolute atomic E-state index is 0.120. The van der Waals surface area contributed by atoms with E-state index in [0.29, 0.717) is 28.4 Å². The van der Waals surface area contributed by atoms with Gasteiger partial charge in [0, 0.05) is 0 Å². The van der Waals surface area contributed by atoms with Crippen LogP contribution in [0.2, 0.25) is 0 Å². The van der Waals surface area contributed by atoms with Crippen LogP contribution in [0, 0.1) is 5.41 Å². The van der Waals surface area contributed by atoms with Crippen LogP contribution >= 0.6 is 0 Å². The van der Waals surface area contributed by atoms with E-state index in [2.05, 4.69) is 0 Å². The second-order valence-corrected chi connectivity index (χ2v) is 6.78. The minimum atomic E-state index is -1.78. The summed E-state index contributed by atoms with van der Waals surface area (Å²) in [5.74, 6) is -1.28. The molecule has 0 atom stereocenters. The molecule has 9 heteroatoms. The normalized spacial score (nSPS) is 10.9. The summed E-state index contributed by atoms with van der Waals surface area (Å²) < 4.78 is 25.9. The summed E-state index contributed by atoms with van der Waals surface area (Å²) in [5, 5.41) is 19.4. The Balaban J connectivity index is 2.63. The van der Waals surface area contributed by atoms with E-state index in [0.717, 1.165) is 0 Å². The second kappa shape index (κ2) is 9.92. The van der Waals surface area contributed by atoms with Crippen LogP contribution in [0.25, 0.3) is 0 Å². The molecule has 9 nitrogen and oxygen atoms in total. The zero-order valence-corrected chi connectivity index (χ0v) is 18.1. The van der Waals surface area contributed by atoms with Crippen molar-refractivity contribution >= 4 is 11.9 Å². The number of methoxy groups -OCH3 is 5. The third-order valence-electron chi connectivity index (χ3n) is 4.93. The summed E-state index contributed by atoms with van der Waals surface area (Å²) in [7, 11) is 6.71.